The first-order chi connectivity index (χ1) is 16.8. The minimum Gasteiger partial charge on any atom is -0.337 e. The highest BCUT2D eigenvalue weighted by molar-refractivity contribution is 6.03. The van der Waals surface area contributed by atoms with Gasteiger partial charge in [-0.25, -0.2) is 14.6 Å². The summed E-state index contributed by atoms with van der Waals surface area (Å²) >= 11 is 0. The number of quaternary nitrogens is 1. The van der Waals surface area contributed by atoms with Crippen LogP contribution in [0.15, 0.2) is 48.7 Å². The lowest BCUT2D eigenvalue weighted by atomic mass is 10.0. The summed E-state index contributed by atoms with van der Waals surface area (Å²) in [5, 5.41) is 6.04. The first-order valence-corrected chi connectivity index (χ1v) is 12.3. The summed E-state index contributed by atoms with van der Waals surface area (Å²) in [5.74, 6) is -1.13. The number of hydrogen-bond acceptors (Lipinski definition) is 6. The molecule has 2 N–H and O–H groups in total. The van der Waals surface area contributed by atoms with Crippen LogP contribution in [0.2, 0.25) is 0 Å². The van der Waals surface area contributed by atoms with Crippen molar-refractivity contribution >= 4 is 23.5 Å². The molecule has 2 saturated heterocycles. The predicted octanol–water partition coefficient (Wildman–Crippen LogP) is 2.60. The molecule has 2 aliphatic rings. The number of nitrogens with one attached hydrogen (secondary N) is 2. The van der Waals surface area contributed by atoms with Gasteiger partial charge in [0, 0.05) is 18.2 Å². The number of carbonyl (C=O) groups is 4. The zero-order valence-electron chi connectivity index (χ0n) is 20.5. The van der Waals surface area contributed by atoms with Gasteiger partial charge in [0.25, 0.3) is 5.91 Å². The maximum atomic E-state index is 14.2. The van der Waals surface area contributed by atoms with E-state index in [9.17, 15) is 19.2 Å². The van der Waals surface area contributed by atoms with Crippen LogP contribution in [0.1, 0.15) is 72.4 Å². The van der Waals surface area contributed by atoms with Gasteiger partial charge in [0.15, 0.2) is 11.7 Å². The monoisotopic (exact) mass is 477 g/mol. The fourth-order valence-corrected chi connectivity index (χ4v) is 5.32. The van der Waals surface area contributed by atoms with Gasteiger partial charge in [-0.2, -0.15) is 4.48 Å². The second kappa shape index (κ2) is 10.2. The van der Waals surface area contributed by atoms with Gasteiger partial charge in [-0.1, -0.05) is 45.4 Å². The molecule has 35 heavy (non-hydrogen) atoms. The Labute approximate surface area is 205 Å². The van der Waals surface area contributed by atoms with E-state index in [0.29, 0.717) is 30.7 Å². The van der Waals surface area contributed by atoms with Gasteiger partial charge in [0.1, 0.15) is 6.04 Å². The van der Waals surface area contributed by atoms with Crippen molar-refractivity contribution in [3.05, 3.63) is 65.5 Å². The summed E-state index contributed by atoms with van der Waals surface area (Å²) in [6, 6.07) is 10.3. The Morgan fingerprint density at radius 2 is 1.89 bits per heavy atom. The summed E-state index contributed by atoms with van der Waals surface area (Å²) in [6.07, 6.45) is 3.01. The largest absolute Gasteiger partial charge is 0.372 e. The van der Waals surface area contributed by atoms with Crippen LogP contribution in [0.5, 0.6) is 0 Å². The van der Waals surface area contributed by atoms with E-state index in [4.69, 9.17) is 0 Å². The molecule has 0 saturated carbocycles. The number of hydrogen-bond donors (Lipinski definition) is 2. The molecule has 0 aliphatic carbocycles. The van der Waals surface area contributed by atoms with Gasteiger partial charge in [-0.3, -0.25) is 9.59 Å². The molecule has 3 amide bonds. The number of fused-ring (bicyclic) bond motifs is 1. The molecule has 2 fully saturated rings. The number of imide groups is 1. The standard InChI is InChI=1S/C27H32N4O4/c1-4-7-22(30-25(33)19-11-9-18(10-12-19)17(2)3)27(35)31(26(34)21-8-5-6-14-28-21)15-13-20-24(31)23(32)16-29-20/h5-6,8-12,14,17,20,22,24,29H,4,7,13,15-16H2,1-3H3/p+1. The quantitative estimate of drug-likeness (QED) is 0.594. The topological polar surface area (TPSA) is 105 Å². The molecule has 4 rings (SSSR count). The lowest BCUT2D eigenvalue weighted by Gasteiger charge is -2.35. The second-order valence-corrected chi connectivity index (χ2v) is 9.73. The van der Waals surface area contributed by atoms with Crippen LogP contribution in [0.4, 0.5) is 0 Å². The molecule has 8 heteroatoms. The van der Waals surface area contributed by atoms with Gasteiger partial charge >= 0.3 is 11.8 Å². The maximum Gasteiger partial charge on any atom is 0.372 e. The van der Waals surface area contributed by atoms with E-state index in [1.54, 1.807) is 30.3 Å². The van der Waals surface area contributed by atoms with E-state index in [2.05, 4.69) is 29.5 Å². The van der Waals surface area contributed by atoms with E-state index in [0.717, 1.165) is 5.56 Å². The van der Waals surface area contributed by atoms with Crippen LogP contribution in [0.3, 0.4) is 0 Å². The Bertz CT molecular complexity index is 1120. The van der Waals surface area contributed by atoms with Crippen LogP contribution >= 0.6 is 0 Å². The molecule has 4 unspecified atom stereocenters. The van der Waals surface area contributed by atoms with E-state index >= 15 is 0 Å². The fourth-order valence-electron chi connectivity index (χ4n) is 5.32. The molecule has 0 bridgehead atoms. The Balaban J connectivity index is 1.68. The third-order valence-corrected chi connectivity index (χ3v) is 7.18. The number of amides is 3. The minimum absolute atomic E-state index is 0.130. The summed E-state index contributed by atoms with van der Waals surface area (Å²) in [4.78, 5) is 58.3. The van der Waals surface area contributed by atoms with Crippen molar-refractivity contribution in [1.82, 2.24) is 15.6 Å². The van der Waals surface area contributed by atoms with Crippen LogP contribution in [0, 0.1) is 0 Å². The summed E-state index contributed by atoms with van der Waals surface area (Å²) in [6.45, 7) is 6.40. The molecule has 184 valence electrons. The van der Waals surface area contributed by atoms with E-state index in [1.165, 1.54) is 6.20 Å². The van der Waals surface area contributed by atoms with Gasteiger partial charge < -0.3 is 10.6 Å². The minimum atomic E-state index is -0.905. The third kappa shape index (κ3) is 4.56. The first-order valence-electron chi connectivity index (χ1n) is 12.3. The van der Waals surface area contributed by atoms with Crippen LogP contribution in [0.25, 0.3) is 0 Å². The SMILES string of the molecule is CCCC(NC(=O)c1ccc(C(C)C)cc1)C(=O)[N+]1(C(=O)c2ccccn2)CCC2NCC(=O)C21. The molecule has 2 aliphatic heterocycles. The van der Waals surface area contributed by atoms with Crippen molar-refractivity contribution < 1.29 is 23.7 Å². The highest BCUT2D eigenvalue weighted by atomic mass is 16.2. The Kier molecular flexibility index (Phi) is 7.23. The van der Waals surface area contributed by atoms with Gasteiger partial charge in [0.2, 0.25) is 5.78 Å². The average Bonchev–Trinajstić information content (AvgIpc) is 3.44. The predicted molar refractivity (Wildman–Crippen MR) is 131 cm³/mol. The van der Waals surface area contributed by atoms with Gasteiger partial charge in [0.05, 0.1) is 19.1 Å². The van der Waals surface area contributed by atoms with Gasteiger partial charge in [-0.05, 0) is 42.2 Å². The molecular formula is C27H33N4O4+. The highest BCUT2D eigenvalue weighted by Gasteiger charge is 2.64. The number of ketones is 1. The lowest BCUT2D eigenvalue weighted by Crippen LogP contribution is -2.67. The lowest BCUT2D eigenvalue weighted by molar-refractivity contribution is -0.776. The normalized spacial score (nSPS) is 24.3. The van der Waals surface area contributed by atoms with Gasteiger partial charge in [-0.15, -0.1) is 0 Å². The third-order valence-electron chi connectivity index (χ3n) is 7.18. The number of benzene rings is 1. The molecule has 2 aromatic rings. The van der Waals surface area contributed by atoms with Crippen LogP contribution in [-0.4, -0.2) is 64.2 Å². The Morgan fingerprint density at radius 3 is 2.51 bits per heavy atom. The molecule has 1 aromatic heterocycles. The van der Waals surface area contributed by atoms with E-state index in [-0.39, 0.29) is 36.5 Å². The van der Waals surface area contributed by atoms with Crippen LogP contribution < -0.4 is 10.6 Å². The second-order valence-electron chi connectivity index (χ2n) is 9.73. The summed E-state index contributed by atoms with van der Waals surface area (Å²) in [7, 11) is 0. The van der Waals surface area contributed by atoms with Crippen molar-refractivity contribution in [3.63, 3.8) is 0 Å². The summed E-state index contributed by atoms with van der Waals surface area (Å²) < 4.78 is -0.634. The highest BCUT2D eigenvalue weighted by Crippen LogP contribution is 2.35. The van der Waals surface area contributed by atoms with E-state index in [1.807, 2.05) is 19.1 Å². The molecule has 0 spiro atoms. The fraction of sp³-hybridized carbons (Fsp3) is 0.444. The average molecular weight is 478 g/mol. The number of rotatable bonds is 7. The molecule has 4 atom stereocenters. The van der Waals surface area contributed by atoms with Crippen LogP contribution in [-0.2, 0) is 9.59 Å². The molecule has 3 heterocycles. The van der Waals surface area contributed by atoms with Crippen molar-refractivity contribution in [2.75, 3.05) is 13.1 Å². The summed E-state index contributed by atoms with van der Waals surface area (Å²) in [5.41, 5.74) is 1.71. The Morgan fingerprint density at radius 1 is 1.14 bits per heavy atom. The number of nitrogens with zero attached hydrogens (tertiary/aromatic N) is 2. The Hall–Kier alpha value is -3.23. The molecule has 1 aromatic carbocycles. The molecule has 8 nitrogen and oxygen atoms in total. The number of carbonyl (C=O) groups excluding carboxylic acids is 4. The number of pyridine rings is 1. The first kappa shape index (κ1) is 24.9. The molecular weight excluding hydrogens is 444 g/mol. The van der Waals surface area contributed by atoms with Crippen molar-refractivity contribution in [2.24, 2.45) is 0 Å². The number of likely N-dealkylation sites (tertiary alicyclic amines) is 1. The zero-order valence-corrected chi connectivity index (χ0v) is 20.5. The zero-order chi connectivity index (χ0) is 25.2. The molecule has 0 radical (unpaired) electrons. The maximum absolute atomic E-state index is 14.2. The number of aromatic nitrogens is 1. The number of Topliss-reactive ketones (excluding diaryl/α,β-unsaturated/α-hetero) is 1. The van der Waals surface area contributed by atoms with Crippen molar-refractivity contribution in [3.8, 4) is 0 Å². The van der Waals surface area contributed by atoms with E-state index < -0.39 is 28.4 Å². The van der Waals surface area contributed by atoms with Crippen molar-refractivity contribution in [1.29, 1.82) is 0 Å². The smallest absolute Gasteiger partial charge is 0.337 e. The van der Waals surface area contributed by atoms with Crippen molar-refractivity contribution in [2.45, 2.75) is 64.1 Å².